The maximum Gasteiger partial charge on any atom is 0.240 e. The first-order chi connectivity index (χ1) is 9.22. The molecule has 0 aromatic rings. The van der Waals surface area contributed by atoms with Crippen LogP contribution in [0, 0.1) is 5.92 Å². The minimum Gasteiger partial charge on any atom is -0.379 e. The minimum absolute atomic E-state index is 0.0171. The van der Waals surface area contributed by atoms with Gasteiger partial charge in [-0.25, -0.2) is 0 Å². The lowest BCUT2D eigenvalue weighted by Crippen LogP contribution is -2.58. The van der Waals surface area contributed by atoms with Gasteiger partial charge in [-0.15, -0.1) is 0 Å². The Morgan fingerprint density at radius 1 is 1.32 bits per heavy atom. The Morgan fingerprint density at radius 2 is 2.05 bits per heavy atom. The van der Waals surface area contributed by atoms with Crippen LogP contribution in [0.5, 0.6) is 0 Å². The molecule has 0 radical (unpaired) electrons. The summed E-state index contributed by atoms with van der Waals surface area (Å²) in [5, 5.41) is 3.36. The Bertz CT molecular complexity index is 292. The zero-order chi connectivity index (χ0) is 13.7. The standard InChI is InChI=1S/C14H27N3O2/c1-3-12(2)13-14(18)17(5-4-15-13)7-6-16-8-10-19-11-9-16/h12-13,15H,3-11H2,1-2H3. The molecule has 2 unspecified atom stereocenters. The van der Waals surface area contributed by atoms with E-state index >= 15 is 0 Å². The van der Waals surface area contributed by atoms with Gasteiger partial charge in [0.15, 0.2) is 0 Å². The van der Waals surface area contributed by atoms with Crippen molar-refractivity contribution in [3.63, 3.8) is 0 Å². The number of carbonyl (C=O) groups excluding carboxylic acids is 1. The number of carbonyl (C=O) groups is 1. The van der Waals surface area contributed by atoms with Gasteiger partial charge in [-0.3, -0.25) is 9.69 Å². The van der Waals surface area contributed by atoms with E-state index in [4.69, 9.17) is 4.74 Å². The minimum atomic E-state index is 0.0171. The van der Waals surface area contributed by atoms with Crippen LogP contribution >= 0.6 is 0 Å². The van der Waals surface area contributed by atoms with E-state index in [1.165, 1.54) is 0 Å². The van der Waals surface area contributed by atoms with E-state index in [-0.39, 0.29) is 11.9 Å². The third kappa shape index (κ3) is 3.91. The first-order valence-electron chi connectivity index (χ1n) is 7.54. The van der Waals surface area contributed by atoms with Crippen molar-refractivity contribution in [3.05, 3.63) is 0 Å². The van der Waals surface area contributed by atoms with Crippen molar-refractivity contribution in [1.29, 1.82) is 0 Å². The van der Waals surface area contributed by atoms with Crippen LogP contribution < -0.4 is 5.32 Å². The number of rotatable bonds is 5. The second-order valence-electron chi connectivity index (χ2n) is 5.60. The number of amides is 1. The van der Waals surface area contributed by atoms with Crippen LogP contribution in [-0.4, -0.2) is 74.2 Å². The zero-order valence-electron chi connectivity index (χ0n) is 12.2. The molecule has 2 atom stereocenters. The van der Waals surface area contributed by atoms with E-state index in [2.05, 4.69) is 24.1 Å². The molecule has 110 valence electrons. The largest absolute Gasteiger partial charge is 0.379 e. The van der Waals surface area contributed by atoms with Crippen LogP contribution in [-0.2, 0) is 9.53 Å². The monoisotopic (exact) mass is 269 g/mol. The fraction of sp³-hybridized carbons (Fsp3) is 0.929. The first kappa shape index (κ1) is 14.8. The molecule has 0 aromatic carbocycles. The molecule has 0 bridgehead atoms. The summed E-state index contributed by atoms with van der Waals surface area (Å²) in [7, 11) is 0. The summed E-state index contributed by atoms with van der Waals surface area (Å²) in [6.45, 7) is 11.5. The summed E-state index contributed by atoms with van der Waals surface area (Å²) in [6.07, 6.45) is 1.04. The number of hydrogen-bond acceptors (Lipinski definition) is 4. The van der Waals surface area contributed by atoms with Gasteiger partial charge in [-0.05, 0) is 5.92 Å². The van der Waals surface area contributed by atoms with E-state index < -0.39 is 0 Å². The van der Waals surface area contributed by atoms with E-state index in [1.54, 1.807) is 0 Å². The fourth-order valence-electron chi connectivity index (χ4n) is 2.74. The summed E-state index contributed by atoms with van der Waals surface area (Å²) in [5.74, 6) is 0.701. The number of nitrogens with zero attached hydrogens (tertiary/aromatic N) is 2. The van der Waals surface area contributed by atoms with Crippen LogP contribution in [0.25, 0.3) is 0 Å². The van der Waals surface area contributed by atoms with Gasteiger partial charge in [-0.2, -0.15) is 0 Å². The predicted octanol–water partition coefficient (Wildman–Crippen LogP) is 0.165. The molecule has 0 spiro atoms. The number of hydrogen-bond donors (Lipinski definition) is 1. The molecule has 5 heteroatoms. The normalized spacial score (nSPS) is 27.6. The van der Waals surface area contributed by atoms with E-state index in [9.17, 15) is 4.79 Å². The van der Waals surface area contributed by atoms with Crippen molar-refractivity contribution in [3.8, 4) is 0 Å². The fourth-order valence-corrected chi connectivity index (χ4v) is 2.74. The third-order valence-electron chi connectivity index (χ3n) is 4.33. The van der Waals surface area contributed by atoms with Crippen molar-refractivity contribution in [2.45, 2.75) is 26.3 Å². The molecule has 2 saturated heterocycles. The van der Waals surface area contributed by atoms with Crippen LogP contribution in [0.2, 0.25) is 0 Å². The van der Waals surface area contributed by atoms with Crippen molar-refractivity contribution in [2.24, 2.45) is 5.92 Å². The van der Waals surface area contributed by atoms with Crippen molar-refractivity contribution in [2.75, 3.05) is 52.5 Å². The number of morpholine rings is 1. The second-order valence-corrected chi connectivity index (χ2v) is 5.60. The highest BCUT2D eigenvalue weighted by atomic mass is 16.5. The molecule has 19 heavy (non-hydrogen) atoms. The topological polar surface area (TPSA) is 44.8 Å². The van der Waals surface area contributed by atoms with Crippen molar-refractivity contribution in [1.82, 2.24) is 15.1 Å². The summed E-state index contributed by atoms with van der Waals surface area (Å²) in [4.78, 5) is 16.8. The Labute approximate surface area is 116 Å². The summed E-state index contributed by atoms with van der Waals surface area (Å²) in [6, 6.07) is 0.0171. The lowest BCUT2D eigenvalue weighted by molar-refractivity contribution is -0.137. The molecule has 0 aliphatic carbocycles. The Morgan fingerprint density at radius 3 is 2.74 bits per heavy atom. The van der Waals surface area contributed by atoms with Gasteiger partial charge in [0.25, 0.3) is 0 Å². The van der Waals surface area contributed by atoms with E-state index in [0.29, 0.717) is 5.92 Å². The molecular formula is C14H27N3O2. The molecule has 0 aromatic heterocycles. The maximum absolute atomic E-state index is 12.4. The van der Waals surface area contributed by atoms with E-state index in [1.807, 2.05) is 4.90 Å². The van der Waals surface area contributed by atoms with Crippen LogP contribution in [0.4, 0.5) is 0 Å². The zero-order valence-corrected chi connectivity index (χ0v) is 12.2. The Hall–Kier alpha value is -0.650. The second kappa shape index (κ2) is 7.22. The number of nitrogens with one attached hydrogen (secondary N) is 1. The van der Waals surface area contributed by atoms with Gasteiger partial charge in [0.05, 0.1) is 19.3 Å². The smallest absolute Gasteiger partial charge is 0.240 e. The lowest BCUT2D eigenvalue weighted by atomic mass is 9.96. The van der Waals surface area contributed by atoms with Crippen molar-refractivity contribution < 1.29 is 9.53 Å². The molecule has 2 rings (SSSR count). The number of ether oxygens (including phenoxy) is 1. The summed E-state index contributed by atoms with van der Waals surface area (Å²) >= 11 is 0. The van der Waals surface area contributed by atoms with Gasteiger partial charge < -0.3 is 15.0 Å². The summed E-state index contributed by atoms with van der Waals surface area (Å²) < 4.78 is 5.34. The molecule has 1 N–H and O–H groups in total. The molecule has 5 nitrogen and oxygen atoms in total. The molecular weight excluding hydrogens is 242 g/mol. The van der Waals surface area contributed by atoms with E-state index in [0.717, 1.165) is 58.9 Å². The van der Waals surface area contributed by atoms with Gasteiger partial charge in [0.2, 0.25) is 5.91 Å². The van der Waals surface area contributed by atoms with Gasteiger partial charge >= 0.3 is 0 Å². The average Bonchev–Trinajstić information content (AvgIpc) is 2.46. The Balaban J connectivity index is 1.80. The van der Waals surface area contributed by atoms with Crippen molar-refractivity contribution >= 4 is 5.91 Å². The quantitative estimate of drug-likeness (QED) is 0.772. The lowest BCUT2D eigenvalue weighted by Gasteiger charge is -2.37. The average molecular weight is 269 g/mol. The first-order valence-corrected chi connectivity index (χ1v) is 7.54. The molecule has 1 amide bonds. The highest BCUT2D eigenvalue weighted by molar-refractivity contribution is 5.83. The Kier molecular flexibility index (Phi) is 5.60. The van der Waals surface area contributed by atoms with Crippen LogP contribution in [0.1, 0.15) is 20.3 Å². The maximum atomic E-state index is 12.4. The van der Waals surface area contributed by atoms with Gasteiger partial charge in [0, 0.05) is 39.3 Å². The molecule has 2 aliphatic heterocycles. The van der Waals surface area contributed by atoms with Gasteiger partial charge in [-0.1, -0.05) is 20.3 Å². The molecule has 2 fully saturated rings. The molecule has 2 aliphatic rings. The van der Waals surface area contributed by atoms with Crippen LogP contribution in [0.3, 0.4) is 0 Å². The van der Waals surface area contributed by atoms with Gasteiger partial charge in [0.1, 0.15) is 0 Å². The SMILES string of the molecule is CCC(C)C1NCCN(CCN2CCOCC2)C1=O. The molecule has 2 heterocycles. The predicted molar refractivity (Wildman–Crippen MR) is 75.1 cm³/mol. The molecule has 0 saturated carbocycles. The highest BCUT2D eigenvalue weighted by Crippen LogP contribution is 2.13. The number of piperazine rings is 1. The highest BCUT2D eigenvalue weighted by Gasteiger charge is 2.31. The third-order valence-corrected chi connectivity index (χ3v) is 4.33. The van der Waals surface area contributed by atoms with Crippen LogP contribution in [0.15, 0.2) is 0 Å². The summed E-state index contributed by atoms with van der Waals surface area (Å²) in [5.41, 5.74) is 0.